The summed E-state index contributed by atoms with van der Waals surface area (Å²) >= 11 is 0. The summed E-state index contributed by atoms with van der Waals surface area (Å²) in [5.74, 6) is -0.0530. The second-order valence-corrected chi connectivity index (χ2v) is 15.3. The lowest BCUT2D eigenvalue weighted by molar-refractivity contribution is -0.0334. The Morgan fingerprint density at radius 3 is 2.22 bits per heavy atom. The molecule has 3 aromatic heterocycles. The van der Waals surface area contributed by atoms with Crippen LogP contribution in [0.15, 0.2) is 42.7 Å². The first-order chi connectivity index (χ1) is 23.5. The summed E-state index contributed by atoms with van der Waals surface area (Å²) in [6, 6.07) is 9.52. The maximum absolute atomic E-state index is 13.8. The van der Waals surface area contributed by atoms with Crippen LogP contribution in [0.1, 0.15) is 91.6 Å². The standard InChI is InChI=1S/C39H47N5O6/c1-23-20-44(37(47)50-39(7,8)9)34-30(23)18-29(19-40-34)27-16-26-10-11-42(35(45)28-14-24(2)41-25(3)15-28)21-32(26)31(17-27)33-22-48-13-12-43(33)36(46)49-38(4,5)6/h14-20,33H,10-13,21-22H2,1-9H3. The lowest BCUT2D eigenvalue weighted by Gasteiger charge is -2.39. The first-order valence-corrected chi connectivity index (χ1v) is 17.2. The Morgan fingerprint density at radius 1 is 0.860 bits per heavy atom. The molecular weight excluding hydrogens is 634 g/mol. The number of pyridine rings is 2. The highest BCUT2D eigenvalue weighted by atomic mass is 16.6. The number of aromatic nitrogens is 3. The number of ether oxygens (including phenoxy) is 3. The molecule has 50 heavy (non-hydrogen) atoms. The van der Waals surface area contributed by atoms with Gasteiger partial charge in [-0.05, 0) is 121 Å². The third-order valence-electron chi connectivity index (χ3n) is 8.87. The van der Waals surface area contributed by atoms with Crippen molar-refractivity contribution in [1.29, 1.82) is 0 Å². The molecule has 11 nitrogen and oxygen atoms in total. The molecule has 0 bridgehead atoms. The molecule has 5 heterocycles. The molecule has 1 saturated heterocycles. The number of benzene rings is 1. The van der Waals surface area contributed by atoms with Crippen LogP contribution >= 0.6 is 0 Å². The molecule has 2 amide bonds. The fourth-order valence-electron chi connectivity index (χ4n) is 6.75. The Kier molecular flexibility index (Phi) is 9.24. The third-order valence-corrected chi connectivity index (χ3v) is 8.87. The van der Waals surface area contributed by atoms with Gasteiger partial charge in [-0.15, -0.1) is 0 Å². The Bertz CT molecular complexity index is 1970. The zero-order valence-corrected chi connectivity index (χ0v) is 30.5. The average Bonchev–Trinajstić information content (AvgIpc) is 3.37. The van der Waals surface area contributed by atoms with E-state index in [4.69, 9.17) is 19.2 Å². The van der Waals surface area contributed by atoms with E-state index in [1.165, 1.54) is 4.57 Å². The normalized spacial score (nSPS) is 16.7. The van der Waals surface area contributed by atoms with Crippen LogP contribution in [0, 0.1) is 20.8 Å². The number of hydrogen-bond acceptors (Lipinski definition) is 8. The number of hydrogen-bond donors (Lipinski definition) is 0. The quantitative estimate of drug-likeness (QED) is 0.221. The minimum Gasteiger partial charge on any atom is -0.444 e. The van der Waals surface area contributed by atoms with E-state index in [1.54, 1.807) is 17.3 Å². The molecule has 0 spiro atoms. The maximum Gasteiger partial charge on any atom is 0.420 e. The van der Waals surface area contributed by atoms with Crippen molar-refractivity contribution < 1.29 is 28.6 Å². The number of nitrogens with zero attached hydrogens (tertiary/aromatic N) is 5. The van der Waals surface area contributed by atoms with Crippen LogP contribution in [-0.4, -0.2) is 79.9 Å². The van der Waals surface area contributed by atoms with Crippen LogP contribution in [0.5, 0.6) is 0 Å². The van der Waals surface area contributed by atoms with E-state index in [2.05, 4.69) is 17.1 Å². The molecular formula is C39H47N5O6. The van der Waals surface area contributed by atoms with Crippen LogP contribution in [0.4, 0.5) is 9.59 Å². The van der Waals surface area contributed by atoms with Crippen molar-refractivity contribution in [2.75, 3.05) is 26.3 Å². The SMILES string of the molecule is Cc1cc(C(=O)N2CCc3cc(-c4cnc5c(c4)c(C)cn5C(=O)OC(C)(C)C)cc(C4COCCN4C(=O)OC(C)(C)C)c3C2)cc(C)n1. The Labute approximate surface area is 293 Å². The van der Waals surface area contributed by atoms with Gasteiger partial charge in [-0.2, -0.15) is 0 Å². The summed E-state index contributed by atoms with van der Waals surface area (Å²) in [7, 11) is 0. The number of fused-ring (bicyclic) bond motifs is 2. The van der Waals surface area contributed by atoms with E-state index < -0.39 is 29.4 Å². The van der Waals surface area contributed by atoms with Crippen molar-refractivity contribution in [1.82, 2.24) is 24.3 Å². The average molecular weight is 682 g/mol. The molecule has 1 unspecified atom stereocenters. The second-order valence-electron chi connectivity index (χ2n) is 15.3. The van der Waals surface area contributed by atoms with Crippen molar-refractivity contribution in [3.05, 3.63) is 81.9 Å². The zero-order valence-electron chi connectivity index (χ0n) is 30.5. The maximum atomic E-state index is 13.8. The minimum absolute atomic E-state index is 0.0530. The van der Waals surface area contributed by atoms with Gasteiger partial charge in [0.25, 0.3) is 5.91 Å². The lowest BCUT2D eigenvalue weighted by atomic mass is 9.86. The van der Waals surface area contributed by atoms with Gasteiger partial charge in [0.1, 0.15) is 16.8 Å². The Balaban J connectivity index is 1.43. The summed E-state index contributed by atoms with van der Waals surface area (Å²) in [4.78, 5) is 53.3. The van der Waals surface area contributed by atoms with Gasteiger partial charge >= 0.3 is 12.2 Å². The van der Waals surface area contributed by atoms with E-state index in [0.29, 0.717) is 50.5 Å². The fourth-order valence-corrected chi connectivity index (χ4v) is 6.75. The summed E-state index contributed by atoms with van der Waals surface area (Å²) < 4.78 is 18.9. The zero-order chi connectivity index (χ0) is 36.1. The van der Waals surface area contributed by atoms with Gasteiger partial charge < -0.3 is 19.1 Å². The summed E-state index contributed by atoms with van der Waals surface area (Å²) in [6.07, 6.45) is 3.27. The van der Waals surface area contributed by atoms with E-state index in [9.17, 15) is 14.4 Å². The molecule has 4 aromatic rings. The van der Waals surface area contributed by atoms with Gasteiger partial charge in [-0.3, -0.25) is 14.7 Å². The number of morpholine rings is 1. The monoisotopic (exact) mass is 681 g/mol. The molecule has 6 rings (SSSR count). The molecule has 264 valence electrons. The fraction of sp³-hybridized carbons (Fsp3) is 0.462. The predicted molar refractivity (Wildman–Crippen MR) is 190 cm³/mol. The molecule has 0 saturated carbocycles. The lowest BCUT2D eigenvalue weighted by Crippen LogP contribution is -2.46. The highest BCUT2D eigenvalue weighted by molar-refractivity contribution is 5.95. The van der Waals surface area contributed by atoms with Gasteiger partial charge in [0.05, 0.1) is 19.3 Å². The molecule has 0 N–H and O–H groups in total. The van der Waals surface area contributed by atoms with Gasteiger partial charge in [0.15, 0.2) is 0 Å². The number of carbonyl (C=O) groups is 3. The van der Waals surface area contributed by atoms with Gasteiger partial charge in [0, 0.05) is 59.9 Å². The summed E-state index contributed by atoms with van der Waals surface area (Å²) in [5, 5.41) is 0.837. The van der Waals surface area contributed by atoms with E-state index in [1.807, 2.05) is 85.4 Å². The number of amides is 2. The topological polar surface area (TPSA) is 116 Å². The van der Waals surface area contributed by atoms with E-state index >= 15 is 0 Å². The molecule has 11 heteroatoms. The number of rotatable bonds is 3. The molecule has 0 radical (unpaired) electrons. The van der Waals surface area contributed by atoms with Gasteiger partial charge in [-0.25, -0.2) is 19.1 Å². The van der Waals surface area contributed by atoms with Crippen molar-refractivity contribution in [3.8, 4) is 11.1 Å². The molecule has 1 fully saturated rings. The number of carbonyl (C=O) groups excluding carboxylic acids is 3. The van der Waals surface area contributed by atoms with Crippen LogP contribution in [0.25, 0.3) is 22.2 Å². The third kappa shape index (κ3) is 7.38. The minimum atomic E-state index is -0.667. The second kappa shape index (κ2) is 13.2. The van der Waals surface area contributed by atoms with Crippen LogP contribution in [-0.2, 0) is 27.2 Å². The highest BCUT2D eigenvalue weighted by Gasteiger charge is 2.36. The first kappa shape index (κ1) is 35.1. The number of aryl methyl sites for hydroxylation is 3. The molecule has 1 aromatic carbocycles. The van der Waals surface area contributed by atoms with Crippen molar-refractivity contribution in [2.45, 2.75) is 92.5 Å². The Hall–Kier alpha value is -4.77. The smallest absolute Gasteiger partial charge is 0.420 e. The molecule has 1 atom stereocenters. The molecule has 2 aliphatic heterocycles. The van der Waals surface area contributed by atoms with Gasteiger partial charge in [0.2, 0.25) is 0 Å². The summed E-state index contributed by atoms with van der Waals surface area (Å²) in [5.41, 5.74) is 7.11. The molecule has 2 aliphatic rings. The Morgan fingerprint density at radius 2 is 1.54 bits per heavy atom. The van der Waals surface area contributed by atoms with Crippen LogP contribution in [0.2, 0.25) is 0 Å². The van der Waals surface area contributed by atoms with Crippen LogP contribution in [0.3, 0.4) is 0 Å². The highest BCUT2D eigenvalue weighted by Crippen LogP contribution is 2.38. The van der Waals surface area contributed by atoms with Crippen molar-refractivity contribution in [2.24, 2.45) is 0 Å². The van der Waals surface area contributed by atoms with E-state index in [-0.39, 0.29) is 5.91 Å². The largest absolute Gasteiger partial charge is 0.444 e. The van der Waals surface area contributed by atoms with Gasteiger partial charge in [-0.1, -0.05) is 6.07 Å². The first-order valence-electron chi connectivity index (χ1n) is 17.2. The molecule has 0 aliphatic carbocycles. The van der Waals surface area contributed by atoms with E-state index in [0.717, 1.165) is 50.2 Å². The van der Waals surface area contributed by atoms with Crippen molar-refractivity contribution in [3.63, 3.8) is 0 Å². The van der Waals surface area contributed by atoms with Crippen LogP contribution < -0.4 is 0 Å². The van der Waals surface area contributed by atoms with Crippen molar-refractivity contribution >= 4 is 29.1 Å². The summed E-state index contributed by atoms with van der Waals surface area (Å²) in [6.45, 7) is 18.8. The predicted octanol–water partition coefficient (Wildman–Crippen LogP) is 7.31.